The van der Waals surface area contributed by atoms with Gasteiger partial charge in [0.1, 0.15) is 0 Å². The molecule has 0 spiro atoms. The van der Waals surface area contributed by atoms with Gasteiger partial charge < -0.3 is 10.2 Å². The molecule has 1 unspecified atom stereocenters. The Morgan fingerprint density at radius 2 is 1.76 bits per heavy atom. The molecule has 2 amide bonds. The van der Waals surface area contributed by atoms with Crippen molar-refractivity contribution in [3.63, 3.8) is 0 Å². The van der Waals surface area contributed by atoms with Gasteiger partial charge in [0.25, 0.3) is 5.91 Å². The van der Waals surface area contributed by atoms with Crippen LogP contribution >= 0.6 is 0 Å². The second kappa shape index (κ2) is 7.99. The van der Waals surface area contributed by atoms with Gasteiger partial charge in [0, 0.05) is 30.4 Å². The van der Waals surface area contributed by atoms with Gasteiger partial charge in [-0.15, -0.1) is 0 Å². The number of likely N-dealkylation sites (tertiary alicyclic amines) is 1. The molecule has 1 aliphatic heterocycles. The molecule has 0 aromatic heterocycles. The number of halogens is 2. The smallest absolute Gasteiger partial charge is 0.254 e. The Balaban J connectivity index is 1.49. The van der Waals surface area contributed by atoms with E-state index >= 15 is 0 Å². The first-order valence-electron chi connectivity index (χ1n) is 9.56. The summed E-state index contributed by atoms with van der Waals surface area (Å²) in [4.78, 5) is 27.4. The highest BCUT2D eigenvalue weighted by atomic mass is 19.2. The van der Waals surface area contributed by atoms with E-state index in [9.17, 15) is 18.4 Å². The van der Waals surface area contributed by atoms with Gasteiger partial charge in [0.15, 0.2) is 11.6 Å². The van der Waals surface area contributed by atoms with Crippen LogP contribution in [-0.2, 0) is 4.79 Å². The number of carbonyl (C=O) groups is 2. The normalized spacial score (nSPS) is 16.6. The first-order valence-corrected chi connectivity index (χ1v) is 9.56. The molecule has 148 valence electrons. The Labute approximate surface area is 167 Å². The molecule has 4 rings (SSSR count). The predicted octanol–water partition coefficient (Wildman–Crippen LogP) is 4.61. The fourth-order valence-electron chi connectivity index (χ4n) is 3.78. The van der Waals surface area contributed by atoms with Crippen molar-refractivity contribution < 1.29 is 18.4 Å². The number of hydrogen-bond acceptors (Lipinski definition) is 2. The van der Waals surface area contributed by atoms with Crippen molar-refractivity contribution in [3.8, 4) is 0 Å². The van der Waals surface area contributed by atoms with E-state index in [-0.39, 0.29) is 24.0 Å². The van der Waals surface area contributed by atoms with Gasteiger partial charge in [-0.25, -0.2) is 8.78 Å². The summed E-state index contributed by atoms with van der Waals surface area (Å²) in [5.74, 6) is -2.79. The molecule has 29 heavy (non-hydrogen) atoms. The van der Waals surface area contributed by atoms with Gasteiger partial charge >= 0.3 is 0 Å². The number of nitrogens with zero attached hydrogens (tertiary/aromatic N) is 1. The summed E-state index contributed by atoms with van der Waals surface area (Å²) in [7, 11) is 0. The maximum atomic E-state index is 13.4. The molecule has 1 aliphatic rings. The van der Waals surface area contributed by atoms with E-state index in [1.165, 1.54) is 6.07 Å². The Bertz CT molecular complexity index is 1080. The van der Waals surface area contributed by atoms with Gasteiger partial charge in [-0.1, -0.05) is 36.4 Å². The molecule has 4 nitrogen and oxygen atoms in total. The summed E-state index contributed by atoms with van der Waals surface area (Å²) in [6.07, 6.45) is 1.33. The second-order valence-electron chi connectivity index (χ2n) is 7.24. The van der Waals surface area contributed by atoms with Crippen molar-refractivity contribution in [3.05, 3.63) is 77.9 Å². The van der Waals surface area contributed by atoms with Crippen LogP contribution in [0.1, 0.15) is 23.2 Å². The number of amides is 2. The van der Waals surface area contributed by atoms with Crippen molar-refractivity contribution >= 4 is 28.3 Å². The number of fused-ring (bicyclic) bond motifs is 1. The van der Waals surface area contributed by atoms with Crippen LogP contribution in [0.25, 0.3) is 10.8 Å². The van der Waals surface area contributed by atoms with E-state index < -0.39 is 17.6 Å². The monoisotopic (exact) mass is 394 g/mol. The van der Waals surface area contributed by atoms with Crippen LogP contribution in [0.2, 0.25) is 0 Å². The minimum atomic E-state index is -1.01. The summed E-state index contributed by atoms with van der Waals surface area (Å²) in [5, 5.41) is 4.50. The largest absolute Gasteiger partial charge is 0.338 e. The molecule has 0 bridgehead atoms. The van der Waals surface area contributed by atoms with Crippen LogP contribution in [0.5, 0.6) is 0 Å². The molecule has 6 heteroatoms. The van der Waals surface area contributed by atoms with Crippen LogP contribution in [0, 0.1) is 17.6 Å². The topological polar surface area (TPSA) is 49.4 Å². The van der Waals surface area contributed by atoms with Crippen molar-refractivity contribution in [2.45, 2.75) is 12.8 Å². The molecule has 1 atom stereocenters. The molecule has 1 fully saturated rings. The molecule has 3 aromatic carbocycles. The SMILES string of the molecule is O=C(Nc1ccc(F)c(F)c1)C1CCCN(C(=O)c2cccc3ccccc23)C1. The zero-order valence-corrected chi connectivity index (χ0v) is 15.7. The van der Waals surface area contributed by atoms with Gasteiger partial charge in [-0.2, -0.15) is 0 Å². The highest BCUT2D eigenvalue weighted by Gasteiger charge is 2.29. The number of carbonyl (C=O) groups excluding carboxylic acids is 2. The van der Waals surface area contributed by atoms with E-state index in [4.69, 9.17) is 0 Å². The third-order valence-corrected chi connectivity index (χ3v) is 5.29. The van der Waals surface area contributed by atoms with Gasteiger partial charge in [-0.3, -0.25) is 9.59 Å². The predicted molar refractivity (Wildman–Crippen MR) is 108 cm³/mol. The number of benzene rings is 3. The van der Waals surface area contributed by atoms with Crippen molar-refractivity contribution in [2.75, 3.05) is 18.4 Å². The van der Waals surface area contributed by atoms with Crippen molar-refractivity contribution in [1.82, 2.24) is 4.90 Å². The third kappa shape index (κ3) is 3.97. The zero-order chi connectivity index (χ0) is 20.4. The van der Waals surface area contributed by atoms with Crippen LogP contribution in [-0.4, -0.2) is 29.8 Å². The van der Waals surface area contributed by atoms with Crippen molar-refractivity contribution in [2.24, 2.45) is 5.92 Å². The number of piperidine rings is 1. The number of nitrogens with one attached hydrogen (secondary N) is 1. The second-order valence-corrected chi connectivity index (χ2v) is 7.24. The lowest BCUT2D eigenvalue weighted by Crippen LogP contribution is -2.43. The first-order chi connectivity index (χ1) is 14.0. The minimum Gasteiger partial charge on any atom is -0.338 e. The van der Waals surface area contributed by atoms with Gasteiger partial charge in [0.05, 0.1) is 5.92 Å². The summed E-state index contributed by atoms with van der Waals surface area (Å²) in [6.45, 7) is 0.870. The third-order valence-electron chi connectivity index (χ3n) is 5.29. The Hall–Kier alpha value is -3.28. The lowest BCUT2D eigenvalue weighted by molar-refractivity contribution is -0.121. The maximum absolute atomic E-state index is 13.4. The Morgan fingerprint density at radius 1 is 0.966 bits per heavy atom. The van der Waals surface area contributed by atoms with Gasteiger partial charge in [0.2, 0.25) is 5.91 Å². The van der Waals surface area contributed by atoms with Crippen LogP contribution in [0.4, 0.5) is 14.5 Å². The summed E-state index contributed by atoms with van der Waals surface area (Å²) in [6, 6.07) is 16.6. The fourth-order valence-corrected chi connectivity index (χ4v) is 3.78. The zero-order valence-electron chi connectivity index (χ0n) is 15.7. The van der Waals surface area contributed by atoms with E-state index in [0.717, 1.165) is 22.9 Å². The molecule has 1 N–H and O–H groups in total. The fraction of sp³-hybridized carbons (Fsp3) is 0.217. The quantitative estimate of drug-likeness (QED) is 0.705. The van der Waals surface area contributed by atoms with Crippen LogP contribution in [0.15, 0.2) is 60.7 Å². The maximum Gasteiger partial charge on any atom is 0.254 e. The lowest BCUT2D eigenvalue weighted by Gasteiger charge is -2.32. The van der Waals surface area contributed by atoms with Crippen molar-refractivity contribution in [1.29, 1.82) is 0 Å². The summed E-state index contributed by atoms with van der Waals surface area (Å²) >= 11 is 0. The van der Waals surface area contributed by atoms with Crippen LogP contribution in [0.3, 0.4) is 0 Å². The van der Waals surface area contributed by atoms with Crippen LogP contribution < -0.4 is 5.32 Å². The highest BCUT2D eigenvalue weighted by molar-refractivity contribution is 6.07. The molecule has 0 saturated carbocycles. The molecule has 0 aliphatic carbocycles. The van der Waals surface area contributed by atoms with E-state index in [2.05, 4.69) is 5.32 Å². The van der Waals surface area contributed by atoms with Gasteiger partial charge in [-0.05, 0) is 41.8 Å². The molecule has 1 heterocycles. The minimum absolute atomic E-state index is 0.105. The summed E-state index contributed by atoms with van der Waals surface area (Å²) in [5.41, 5.74) is 0.816. The molecular weight excluding hydrogens is 374 g/mol. The number of anilines is 1. The molecule has 3 aromatic rings. The standard InChI is InChI=1S/C23H20F2N2O2/c24-20-11-10-17(13-21(20)25)26-22(28)16-7-4-12-27(14-16)23(29)19-9-3-6-15-5-1-2-8-18(15)19/h1-3,5-6,8-11,13,16H,4,7,12,14H2,(H,26,28). The average molecular weight is 394 g/mol. The molecular formula is C23H20F2N2O2. The number of hydrogen-bond donors (Lipinski definition) is 1. The Kier molecular flexibility index (Phi) is 5.25. The highest BCUT2D eigenvalue weighted by Crippen LogP contribution is 2.24. The number of rotatable bonds is 3. The molecule has 1 saturated heterocycles. The average Bonchev–Trinajstić information content (AvgIpc) is 2.75. The van der Waals surface area contributed by atoms with E-state index in [1.54, 1.807) is 11.0 Å². The van der Waals surface area contributed by atoms with E-state index in [0.29, 0.717) is 24.9 Å². The Morgan fingerprint density at radius 3 is 2.59 bits per heavy atom. The summed E-state index contributed by atoms with van der Waals surface area (Å²) < 4.78 is 26.4. The molecule has 0 radical (unpaired) electrons. The first kappa shape index (κ1) is 19.1. The lowest BCUT2D eigenvalue weighted by atomic mass is 9.95. The van der Waals surface area contributed by atoms with E-state index in [1.807, 2.05) is 36.4 Å².